The Labute approximate surface area is 175 Å². The summed E-state index contributed by atoms with van der Waals surface area (Å²) in [5.74, 6) is -1.40. The number of nitrogens with one attached hydrogen (secondary N) is 2. The molecule has 0 saturated carbocycles. The van der Waals surface area contributed by atoms with Gasteiger partial charge in [-0.3, -0.25) is 14.6 Å². The number of amides is 2. The summed E-state index contributed by atoms with van der Waals surface area (Å²) in [7, 11) is 0. The van der Waals surface area contributed by atoms with Crippen molar-refractivity contribution in [3.05, 3.63) is 106 Å². The lowest BCUT2D eigenvalue weighted by atomic mass is 10.1. The highest BCUT2D eigenvalue weighted by atomic mass is 79.9. The van der Waals surface area contributed by atoms with Crippen LogP contribution in [0.3, 0.4) is 0 Å². The van der Waals surface area contributed by atoms with Crippen molar-refractivity contribution in [1.82, 2.24) is 15.6 Å². The first-order valence-electron chi connectivity index (χ1n) is 8.73. The smallest absolute Gasteiger partial charge is 0.268 e. The Morgan fingerprint density at radius 1 is 1.07 bits per heavy atom. The molecule has 3 rings (SSSR count). The zero-order valence-electron chi connectivity index (χ0n) is 15.2. The molecule has 0 aliphatic heterocycles. The number of rotatable bonds is 6. The quantitative estimate of drug-likeness (QED) is 0.552. The van der Waals surface area contributed by atoms with Gasteiger partial charge < -0.3 is 10.6 Å². The number of carbonyl (C=O) groups excluding carboxylic acids is 2. The van der Waals surface area contributed by atoms with Gasteiger partial charge in [0.15, 0.2) is 0 Å². The lowest BCUT2D eigenvalue weighted by molar-refractivity contribution is -0.117. The molecule has 29 heavy (non-hydrogen) atoms. The van der Waals surface area contributed by atoms with Crippen molar-refractivity contribution in [2.45, 2.75) is 6.54 Å². The molecule has 7 heteroatoms. The zero-order chi connectivity index (χ0) is 20.6. The van der Waals surface area contributed by atoms with Gasteiger partial charge in [0.25, 0.3) is 11.8 Å². The molecule has 0 radical (unpaired) electrons. The minimum absolute atomic E-state index is 0.000225. The Morgan fingerprint density at radius 2 is 1.90 bits per heavy atom. The van der Waals surface area contributed by atoms with E-state index in [1.807, 2.05) is 6.07 Å². The summed E-state index contributed by atoms with van der Waals surface area (Å²) in [6, 6.07) is 16.2. The van der Waals surface area contributed by atoms with E-state index in [0.717, 1.165) is 5.56 Å². The number of benzene rings is 2. The SMILES string of the molecule is O=C(NCc1cccnc1)/C(=C/c1cccc(F)c1)NC(=O)c1ccccc1Br. The molecule has 3 aromatic rings. The third kappa shape index (κ3) is 5.83. The molecule has 2 amide bonds. The van der Waals surface area contributed by atoms with Gasteiger partial charge in [-0.1, -0.05) is 30.3 Å². The minimum atomic E-state index is -0.501. The lowest BCUT2D eigenvalue weighted by Gasteiger charge is -2.12. The van der Waals surface area contributed by atoms with Crippen molar-refractivity contribution >= 4 is 33.8 Å². The van der Waals surface area contributed by atoms with Crippen LogP contribution in [0.15, 0.2) is 83.2 Å². The van der Waals surface area contributed by atoms with Crippen LogP contribution >= 0.6 is 15.9 Å². The highest BCUT2D eigenvalue weighted by Crippen LogP contribution is 2.16. The molecule has 146 valence electrons. The maximum absolute atomic E-state index is 13.5. The number of hydrogen-bond donors (Lipinski definition) is 2. The van der Waals surface area contributed by atoms with Crippen molar-refractivity contribution in [3.63, 3.8) is 0 Å². The number of hydrogen-bond acceptors (Lipinski definition) is 3. The second-order valence-electron chi connectivity index (χ2n) is 6.09. The Balaban J connectivity index is 1.84. The van der Waals surface area contributed by atoms with E-state index in [4.69, 9.17) is 0 Å². The monoisotopic (exact) mass is 453 g/mol. The first kappa shape index (κ1) is 20.4. The van der Waals surface area contributed by atoms with Crippen LogP contribution in [-0.4, -0.2) is 16.8 Å². The van der Waals surface area contributed by atoms with Gasteiger partial charge in [-0.2, -0.15) is 0 Å². The summed E-state index contributed by atoms with van der Waals surface area (Å²) < 4.78 is 14.1. The van der Waals surface area contributed by atoms with Crippen molar-refractivity contribution in [1.29, 1.82) is 0 Å². The molecule has 5 nitrogen and oxygen atoms in total. The first-order valence-corrected chi connectivity index (χ1v) is 9.52. The number of pyridine rings is 1. The van der Waals surface area contributed by atoms with E-state index in [2.05, 4.69) is 31.5 Å². The van der Waals surface area contributed by atoms with E-state index in [0.29, 0.717) is 15.6 Å². The number of halogens is 2. The Bertz CT molecular complexity index is 1050. The maximum Gasteiger partial charge on any atom is 0.268 e. The van der Waals surface area contributed by atoms with E-state index >= 15 is 0 Å². The van der Waals surface area contributed by atoms with E-state index in [9.17, 15) is 14.0 Å². The minimum Gasteiger partial charge on any atom is -0.347 e. The Kier molecular flexibility index (Phi) is 6.86. The van der Waals surface area contributed by atoms with Crippen LogP contribution in [0.5, 0.6) is 0 Å². The third-order valence-corrected chi connectivity index (χ3v) is 4.64. The first-order chi connectivity index (χ1) is 14.0. The van der Waals surface area contributed by atoms with Crippen LogP contribution < -0.4 is 10.6 Å². The van der Waals surface area contributed by atoms with E-state index in [-0.39, 0.29) is 12.2 Å². The van der Waals surface area contributed by atoms with E-state index in [1.165, 1.54) is 24.3 Å². The molecule has 0 spiro atoms. The van der Waals surface area contributed by atoms with Gasteiger partial charge in [-0.05, 0) is 63.5 Å². The van der Waals surface area contributed by atoms with E-state index in [1.54, 1.807) is 48.8 Å². The van der Waals surface area contributed by atoms with Gasteiger partial charge in [0.1, 0.15) is 11.5 Å². The molecule has 0 fully saturated rings. The summed E-state index contributed by atoms with van der Waals surface area (Å²) >= 11 is 3.32. The highest BCUT2D eigenvalue weighted by molar-refractivity contribution is 9.10. The van der Waals surface area contributed by atoms with Crippen LogP contribution in [0.2, 0.25) is 0 Å². The summed E-state index contributed by atoms with van der Waals surface area (Å²) in [5.41, 5.74) is 1.63. The maximum atomic E-state index is 13.5. The normalized spacial score (nSPS) is 11.0. The molecule has 0 aliphatic carbocycles. The predicted octanol–water partition coefficient (Wildman–Crippen LogP) is 4.07. The fourth-order valence-electron chi connectivity index (χ4n) is 2.54. The van der Waals surface area contributed by atoms with Crippen molar-refractivity contribution < 1.29 is 14.0 Å². The van der Waals surface area contributed by atoms with Crippen LogP contribution in [0.4, 0.5) is 4.39 Å². The number of nitrogens with zero attached hydrogens (tertiary/aromatic N) is 1. The molecular weight excluding hydrogens is 437 g/mol. The second-order valence-corrected chi connectivity index (χ2v) is 6.95. The van der Waals surface area contributed by atoms with Crippen molar-refractivity contribution in [3.8, 4) is 0 Å². The standard InChI is InChI=1S/C22H17BrFN3O2/c23-19-9-2-1-8-18(19)21(28)27-20(12-15-5-3-7-17(24)11-15)22(29)26-14-16-6-4-10-25-13-16/h1-13H,14H2,(H,26,29)(H,27,28)/b20-12-. The molecule has 0 bridgehead atoms. The summed E-state index contributed by atoms with van der Waals surface area (Å²) in [6.07, 6.45) is 4.70. The largest absolute Gasteiger partial charge is 0.347 e. The summed E-state index contributed by atoms with van der Waals surface area (Å²) in [4.78, 5) is 29.4. The molecule has 2 aromatic carbocycles. The Hall–Kier alpha value is -3.32. The lowest BCUT2D eigenvalue weighted by Crippen LogP contribution is -2.34. The molecule has 0 atom stereocenters. The molecule has 1 heterocycles. The molecule has 0 saturated heterocycles. The zero-order valence-corrected chi connectivity index (χ0v) is 16.8. The fraction of sp³-hybridized carbons (Fsp3) is 0.0455. The molecule has 0 unspecified atom stereocenters. The van der Waals surface area contributed by atoms with Crippen molar-refractivity contribution in [2.24, 2.45) is 0 Å². The van der Waals surface area contributed by atoms with Crippen LogP contribution in [0.25, 0.3) is 6.08 Å². The molecule has 1 aromatic heterocycles. The van der Waals surface area contributed by atoms with Crippen LogP contribution in [0, 0.1) is 5.82 Å². The van der Waals surface area contributed by atoms with Gasteiger partial charge in [0.05, 0.1) is 5.56 Å². The topological polar surface area (TPSA) is 71.1 Å². The highest BCUT2D eigenvalue weighted by Gasteiger charge is 2.16. The second kappa shape index (κ2) is 9.75. The molecule has 2 N–H and O–H groups in total. The van der Waals surface area contributed by atoms with Crippen LogP contribution in [0.1, 0.15) is 21.5 Å². The van der Waals surface area contributed by atoms with Crippen LogP contribution in [-0.2, 0) is 11.3 Å². The average Bonchev–Trinajstić information content (AvgIpc) is 2.72. The third-order valence-electron chi connectivity index (χ3n) is 3.95. The molecule has 0 aliphatic rings. The fourth-order valence-corrected chi connectivity index (χ4v) is 3.00. The Morgan fingerprint density at radius 3 is 2.62 bits per heavy atom. The summed E-state index contributed by atoms with van der Waals surface area (Å²) in [5, 5.41) is 5.36. The molecular formula is C22H17BrFN3O2. The van der Waals surface area contributed by atoms with Crippen molar-refractivity contribution in [2.75, 3.05) is 0 Å². The van der Waals surface area contributed by atoms with Gasteiger partial charge in [0, 0.05) is 23.4 Å². The van der Waals surface area contributed by atoms with E-state index < -0.39 is 17.6 Å². The average molecular weight is 454 g/mol. The predicted molar refractivity (Wildman–Crippen MR) is 112 cm³/mol. The van der Waals surface area contributed by atoms with Gasteiger partial charge >= 0.3 is 0 Å². The van der Waals surface area contributed by atoms with Gasteiger partial charge in [0.2, 0.25) is 0 Å². The number of carbonyl (C=O) groups is 2. The number of aromatic nitrogens is 1. The van der Waals surface area contributed by atoms with Gasteiger partial charge in [-0.25, -0.2) is 4.39 Å². The van der Waals surface area contributed by atoms with Gasteiger partial charge in [-0.15, -0.1) is 0 Å². The summed E-state index contributed by atoms with van der Waals surface area (Å²) in [6.45, 7) is 0.234.